The predicted molar refractivity (Wildman–Crippen MR) is 146 cm³/mol. The Morgan fingerprint density at radius 3 is 2.63 bits per heavy atom. The highest BCUT2D eigenvalue weighted by molar-refractivity contribution is 6.74. The van der Waals surface area contributed by atoms with Gasteiger partial charge in [-0.15, -0.1) is 0 Å². The van der Waals surface area contributed by atoms with Crippen LogP contribution in [0, 0.1) is 23.7 Å². The fourth-order valence-electron chi connectivity index (χ4n) is 6.05. The van der Waals surface area contributed by atoms with Crippen molar-refractivity contribution >= 4 is 20.1 Å². The summed E-state index contributed by atoms with van der Waals surface area (Å²) >= 11 is 0. The van der Waals surface area contributed by atoms with Crippen molar-refractivity contribution in [1.29, 1.82) is 0 Å². The summed E-state index contributed by atoms with van der Waals surface area (Å²) in [5.41, 5.74) is 2.37. The van der Waals surface area contributed by atoms with E-state index in [1.807, 2.05) is 4.90 Å². The Kier molecular flexibility index (Phi) is 7.70. The molecule has 0 bridgehead atoms. The zero-order valence-corrected chi connectivity index (χ0v) is 23.8. The van der Waals surface area contributed by atoms with E-state index in [4.69, 9.17) is 14.2 Å². The molecule has 0 N–H and O–H groups in total. The fourth-order valence-corrected chi connectivity index (χ4v) is 7.15. The van der Waals surface area contributed by atoms with Crippen LogP contribution in [0.15, 0.2) is 41.3 Å². The molecular weight excluding hydrogens is 452 g/mol. The van der Waals surface area contributed by atoms with E-state index in [0.717, 1.165) is 24.3 Å². The topological polar surface area (TPSA) is 51.1 Å². The van der Waals surface area contributed by atoms with Gasteiger partial charge in [0.25, 0.3) is 0 Å². The van der Waals surface area contributed by atoms with Crippen LogP contribution in [-0.2, 0) is 9.16 Å². The van der Waals surface area contributed by atoms with Gasteiger partial charge in [-0.25, -0.2) is 4.79 Å². The molecule has 1 saturated heterocycles. The number of allylic oxidation sites excluding steroid dienone is 4. The molecule has 0 aromatic carbocycles. The molecule has 4 aliphatic rings. The van der Waals surface area contributed by atoms with E-state index in [0.29, 0.717) is 36.9 Å². The molecule has 2 aliphatic heterocycles. The standard InChI is InChI=1S/C29H46N2O3Si/c1-20-11-10-12-22(30-20)15-16-24-23-13-8-9-14-25(23)27(31-17-18-33-28(31)32)19-26(24)21(2)34-35(6,7)29(3,4)5/h15-16,19-20,23-26H,2,8-14,17-18H2,1,3-7H3/b16-15+/t20-,23+,24+,25-,26+/m0/s1. The van der Waals surface area contributed by atoms with Gasteiger partial charge in [0.2, 0.25) is 8.32 Å². The zero-order valence-electron chi connectivity index (χ0n) is 22.8. The fraction of sp³-hybridized carbons (Fsp3) is 0.724. The van der Waals surface area contributed by atoms with E-state index < -0.39 is 8.32 Å². The lowest BCUT2D eigenvalue weighted by Gasteiger charge is -2.47. The molecule has 2 heterocycles. The largest absolute Gasteiger partial charge is 0.546 e. The van der Waals surface area contributed by atoms with Crippen molar-refractivity contribution in [3.8, 4) is 0 Å². The number of aliphatic imine (C=N–C) groups is 1. The molecule has 0 unspecified atom stereocenters. The van der Waals surface area contributed by atoms with Crippen LogP contribution in [0.25, 0.3) is 0 Å². The minimum absolute atomic E-state index is 0.0461. The Morgan fingerprint density at radius 2 is 1.97 bits per heavy atom. The number of nitrogens with zero attached hydrogens (tertiary/aromatic N) is 2. The summed E-state index contributed by atoms with van der Waals surface area (Å²) in [5.74, 6) is 2.07. The second-order valence-electron chi connectivity index (χ2n) is 12.6. The number of carbonyl (C=O) groups excluding carboxylic acids is 1. The average Bonchev–Trinajstić information content (AvgIpc) is 3.21. The molecule has 1 saturated carbocycles. The van der Waals surface area contributed by atoms with Crippen LogP contribution in [-0.4, -0.2) is 44.2 Å². The Bertz CT molecular complexity index is 913. The van der Waals surface area contributed by atoms with Gasteiger partial charge >= 0.3 is 6.09 Å². The van der Waals surface area contributed by atoms with Crippen LogP contribution in [0.5, 0.6) is 0 Å². The minimum Gasteiger partial charge on any atom is -0.546 e. The van der Waals surface area contributed by atoms with E-state index in [1.54, 1.807) is 0 Å². The predicted octanol–water partition coefficient (Wildman–Crippen LogP) is 7.48. The number of rotatable bonds is 6. The number of carbonyl (C=O) groups is 1. The van der Waals surface area contributed by atoms with Crippen molar-refractivity contribution in [1.82, 2.24) is 4.90 Å². The van der Waals surface area contributed by atoms with Crippen molar-refractivity contribution < 1.29 is 14.0 Å². The lowest BCUT2D eigenvalue weighted by Crippen LogP contribution is -2.45. The van der Waals surface area contributed by atoms with E-state index in [9.17, 15) is 4.79 Å². The highest BCUT2D eigenvalue weighted by atomic mass is 28.4. The molecule has 194 valence electrons. The van der Waals surface area contributed by atoms with Crippen molar-refractivity contribution in [2.75, 3.05) is 13.2 Å². The molecule has 0 spiro atoms. The molecule has 4 rings (SSSR count). The molecule has 2 fully saturated rings. The van der Waals surface area contributed by atoms with Gasteiger partial charge in [-0.3, -0.25) is 9.89 Å². The SMILES string of the molecule is C=C(O[Si](C)(C)C(C)(C)C)[C@H]1C=C(N2CCOC2=O)[C@H]2CCCC[C@@H]2[C@H]1/C=C/C1=N[C@@H](C)CCC1. The first-order chi connectivity index (χ1) is 16.5. The van der Waals surface area contributed by atoms with Gasteiger partial charge in [-0.1, -0.05) is 52.3 Å². The monoisotopic (exact) mass is 498 g/mol. The molecule has 0 aromatic rings. The van der Waals surface area contributed by atoms with Crippen molar-refractivity contribution in [2.45, 2.75) is 96.8 Å². The summed E-state index contributed by atoms with van der Waals surface area (Å²) in [5, 5.41) is 0.0988. The lowest BCUT2D eigenvalue weighted by atomic mass is 9.62. The summed E-state index contributed by atoms with van der Waals surface area (Å²) in [6, 6.07) is 0.414. The lowest BCUT2D eigenvalue weighted by molar-refractivity contribution is 0.125. The number of hydrogen-bond acceptors (Lipinski definition) is 4. The molecule has 5 nitrogen and oxygen atoms in total. The highest BCUT2D eigenvalue weighted by Crippen LogP contribution is 2.51. The number of cyclic esters (lactones) is 1. The maximum atomic E-state index is 12.6. The number of amides is 1. The molecule has 0 radical (unpaired) electrons. The summed E-state index contributed by atoms with van der Waals surface area (Å²) < 4.78 is 12.2. The minimum atomic E-state index is -2.04. The van der Waals surface area contributed by atoms with E-state index >= 15 is 0 Å². The second-order valence-corrected chi connectivity index (χ2v) is 17.3. The van der Waals surface area contributed by atoms with Gasteiger partial charge in [0.05, 0.1) is 12.3 Å². The molecule has 35 heavy (non-hydrogen) atoms. The third-order valence-corrected chi connectivity index (χ3v) is 13.4. The van der Waals surface area contributed by atoms with Crippen LogP contribution in [0.4, 0.5) is 4.79 Å². The maximum Gasteiger partial charge on any atom is 0.414 e. The van der Waals surface area contributed by atoms with E-state index in [-0.39, 0.29) is 17.0 Å². The third kappa shape index (κ3) is 5.62. The Labute approximate surface area is 213 Å². The van der Waals surface area contributed by atoms with Gasteiger partial charge in [-0.2, -0.15) is 0 Å². The maximum absolute atomic E-state index is 12.6. The van der Waals surface area contributed by atoms with Crippen molar-refractivity contribution in [2.24, 2.45) is 28.7 Å². The van der Waals surface area contributed by atoms with Crippen LogP contribution in [0.3, 0.4) is 0 Å². The summed E-state index contributed by atoms with van der Waals surface area (Å²) in [6.07, 6.45) is 15.0. The second kappa shape index (κ2) is 10.3. The summed E-state index contributed by atoms with van der Waals surface area (Å²) in [7, 11) is -2.04. The van der Waals surface area contributed by atoms with Gasteiger partial charge in [0.1, 0.15) is 6.61 Å². The van der Waals surface area contributed by atoms with Crippen molar-refractivity contribution in [3.05, 3.63) is 36.3 Å². The number of fused-ring (bicyclic) bond motifs is 1. The Hall–Kier alpha value is -1.82. The van der Waals surface area contributed by atoms with Crippen LogP contribution >= 0.6 is 0 Å². The van der Waals surface area contributed by atoms with Gasteiger partial charge < -0.3 is 9.16 Å². The first-order valence-electron chi connectivity index (χ1n) is 13.8. The van der Waals surface area contributed by atoms with Crippen LogP contribution in [0.2, 0.25) is 18.1 Å². The van der Waals surface area contributed by atoms with Gasteiger partial charge in [-0.05, 0) is 75.1 Å². The first kappa shape index (κ1) is 26.2. The summed E-state index contributed by atoms with van der Waals surface area (Å²) in [4.78, 5) is 19.4. The molecule has 6 heteroatoms. The van der Waals surface area contributed by atoms with Crippen LogP contribution in [0.1, 0.15) is 72.6 Å². The molecule has 2 aliphatic carbocycles. The quantitative estimate of drug-likeness (QED) is 0.282. The first-order valence-corrected chi connectivity index (χ1v) is 16.7. The average molecular weight is 499 g/mol. The summed E-state index contributed by atoms with van der Waals surface area (Å²) in [6.45, 7) is 19.2. The Balaban J connectivity index is 1.71. The van der Waals surface area contributed by atoms with Crippen molar-refractivity contribution in [3.63, 3.8) is 0 Å². The molecule has 0 aromatic heterocycles. The molecule has 1 amide bonds. The van der Waals surface area contributed by atoms with Crippen LogP contribution < -0.4 is 0 Å². The smallest absolute Gasteiger partial charge is 0.414 e. The van der Waals surface area contributed by atoms with E-state index in [1.165, 1.54) is 37.8 Å². The highest BCUT2D eigenvalue weighted by Gasteiger charge is 2.47. The Morgan fingerprint density at radius 1 is 1.23 bits per heavy atom. The van der Waals surface area contributed by atoms with E-state index in [2.05, 4.69) is 65.6 Å². The molecule has 5 atom stereocenters. The molecular formula is C29H46N2O3Si. The normalized spacial score (nSPS) is 32.1. The number of ether oxygens (including phenoxy) is 1. The van der Waals surface area contributed by atoms with Gasteiger partial charge in [0, 0.05) is 29.3 Å². The third-order valence-electron chi connectivity index (χ3n) is 9.05. The van der Waals surface area contributed by atoms with Gasteiger partial charge in [0.15, 0.2) is 0 Å². The number of hydrogen-bond donors (Lipinski definition) is 0. The zero-order chi connectivity index (χ0) is 25.4.